The topological polar surface area (TPSA) is 80.2 Å². The molecular formula is C24H39N3O4S. The lowest BCUT2D eigenvalue weighted by atomic mass is 9.92. The number of nitrogens with one attached hydrogen (secondary N) is 1. The third-order valence-corrected chi connectivity index (χ3v) is 8.40. The molecule has 180 valence electrons. The van der Waals surface area contributed by atoms with Gasteiger partial charge in [0, 0.05) is 19.7 Å². The lowest BCUT2D eigenvalue weighted by Crippen LogP contribution is -2.41. The van der Waals surface area contributed by atoms with E-state index in [1.807, 2.05) is 32.6 Å². The largest absolute Gasteiger partial charge is 0.444 e. The van der Waals surface area contributed by atoms with E-state index in [9.17, 15) is 9.59 Å². The second-order valence-electron chi connectivity index (χ2n) is 11.1. The molecule has 8 heteroatoms. The normalized spacial score (nSPS) is 34.4. The number of hydrogen-bond acceptors (Lipinski definition) is 6. The van der Waals surface area contributed by atoms with E-state index in [2.05, 4.69) is 5.32 Å². The lowest BCUT2D eigenvalue weighted by molar-refractivity contribution is -0.132. The van der Waals surface area contributed by atoms with Gasteiger partial charge < -0.3 is 19.7 Å². The Bertz CT molecular complexity index is 744. The number of carbonyl (C=O) groups excluding carboxylic acids is 2. The van der Waals surface area contributed by atoms with Gasteiger partial charge >= 0.3 is 6.09 Å². The Kier molecular flexibility index (Phi) is 7.11. The van der Waals surface area contributed by atoms with Crippen molar-refractivity contribution in [2.24, 2.45) is 22.7 Å². The highest BCUT2D eigenvalue weighted by molar-refractivity contribution is 8.16. The number of amidine groups is 1. The summed E-state index contributed by atoms with van der Waals surface area (Å²) in [5.74, 6) is 2.05. The molecule has 2 heterocycles. The van der Waals surface area contributed by atoms with Crippen LogP contribution in [-0.2, 0) is 14.3 Å². The van der Waals surface area contributed by atoms with Gasteiger partial charge in [0.15, 0.2) is 10.1 Å². The fourth-order valence-electron chi connectivity index (χ4n) is 5.51. The first-order valence-corrected chi connectivity index (χ1v) is 13.1. The van der Waals surface area contributed by atoms with Gasteiger partial charge in [-0.2, -0.15) is 0 Å². The van der Waals surface area contributed by atoms with E-state index < -0.39 is 10.5 Å². The van der Waals surface area contributed by atoms with Crippen LogP contribution in [0.15, 0.2) is 4.99 Å². The van der Waals surface area contributed by atoms with Crippen LogP contribution in [0.4, 0.5) is 4.79 Å². The predicted molar refractivity (Wildman–Crippen MR) is 127 cm³/mol. The molecule has 2 aliphatic carbocycles. The van der Waals surface area contributed by atoms with Crippen LogP contribution in [0, 0.1) is 17.8 Å². The average Bonchev–Trinajstić information content (AvgIpc) is 3.40. The summed E-state index contributed by atoms with van der Waals surface area (Å²) in [6.45, 7) is 9.61. The summed E-state index contributed by atoms with van der Waals surface area (Å²) >= 11 is 1.44. The molecule has 4 atom stereocenters. The van der Waals surface area contributed by atoms with E-state index in [1.54, 1.807) is 0 Å². The van der Waals surface area contributed by atoms with E-state index >= 15 is 0 Å². The zero-order valence-corrected chi connectivity index (χ0v) is 20.8. The molecule has 2 amide bonds. The zero-order chi connectivity index (χ0) is 22.9. The van der Waals surface area contributed by atoms with Gasteiger partial charge in [0.25, 0.3) is 5.91 Å². The van der Waals surface area contributed by atoms with Crippen molar-refractivity contribution in [3.05, 3.63) is 0 Å². The van der Waals surface area contributed by atoms with Crippen LogP contribution in [0.2, 0.25) is 0 Å². The highest BCUT2D eigenvalue weighted by atomic mass is 32.2. The Morgan fingerprint density at radius 2 is 1.97 bits per heavy atom. The van der Waals surface area contributed by atoms with Crippen LogP contribution < -0.4 is 5.32 Å². The first-order chi connectivity index (χ1) is 15.1. The van der Waals surface area contributed by atoms with Gasteiger partial charge in [0.05, 0.1) is 6.04 Å². The molecule has 2 aliphatic heterocycles. The predicted octanol–water partition coefficient (Wildman–Crippen LogP) is 4.55. The maximum atomic E-state index is 12.5. The maximum Gasteiger partial charge on any atom is 0.410 e. The molecule has 0 spiro atoms. The molecular weight excluding hydrogens is 426 g/mol. The van der Waals surface area contributed by atoms with Crippen LogP contribution in [0.1, 0.15) is 79.1 Å². The molecule has 4 aliphatic rings. The summed E-state index contributed by atoms with van der Waals surface area (Å²) in [7, 11) is 0. The maximum absolute atomic E-state index is 12.5. The highest BCUT2D eigenvalue weighted by Crippen LogP contribution is 2.46. The number of piperidine rings is 1. The molecule has 0 aromatic carbocycles. The Balaban J connectivity index is 1.15. The smallest absolute Gasteiger partial charge is 0.410 e. The molecule has 2 saturated heterocycles. The van der Waals surface area contributed by atoms with Crippen LogP contribution >= 0.6 is 11.8 Å². The quantitative estimate of drug-likeness (QED) is 0.582. The van der Waals surface area contributed by atoms with Gasteiger partial charge in [0.2, 0.25) is 0 Å². The second kappa shape index (κ2) is 9.53. The fourth-order valence-corrected chi connectivity index (χ4v) is 6.50. The molecule has 4 unspecified atom stereocenters. The Hall–Kier alpha value is -1.28. The van der Waals surface area contributed by atoms with Crippen LogP contribution in [-0.4, -0.2) is 58.3 Å². The van der Waals surface area contributed by atoms with Crippen molar-refractivity contribution in [3.63, 3.8) is 0 Å². The summed E-state index contributed by atoms with van der Waals surface area (Å²) in [6.07, 6.45) is 8.87. The third kappa shape index (κ3) is 5.79. The number of hydrogen-bond donors (Lipinski definition) is 1. The van der Waals surface area contributed by atoms with Gasteiger partial charge in [-0.25, -0.2) is 4.79 Å². The molecule has 0 aromatic rings. The van der Waals surface area contributed by atoms with Crippen molar-refractivity contribution in [2.75, 3.05) is 19.7 Å². The molecule has 2 bridgehead atoms. The van der Waals surface area contributed by atoms with Crippen LogP contribution in [0.3, 0.4) is 0 Å². The second-order valence-corrected chi connectivity index (χ2v) is 12.4. The molecule has 4 rings (SSSR count). The Morgan fingerprint density at radius 1 is 1.22 bits per heavy atom. The molecule has 32 heavy (non-hydrogen) atoms. The summed E-state index contributed by atoms with van der Waals surface area (Å²) in [5, 5.41) is 3.69. The van der Waals surface area contributed by atoms with Gasteiger partial charge in [-0.05, 0) is 102 Å². The minimum absolute atomic E-state index is 0.0879. The van der Waals surface area contributed by atoms with Gasteiger partial charge in [-0.1, -0.05) is 6.42 Å². The van der Waals surface area contributed by atoms with E-state index in [4.69, 9.17) is 14.5 Å². The number of rotatable bonds is 6. The van der Waals surface area contributed by atoms with Crippen molar-refractivity contribution < 1.29 is 19.1 Å². The number of aliphatic imine (C=N–C) groups is 1. The van der Waals surface area contributed by atoms with Crippen molar-refractivity contribution >= 4 is 28.9 Å². The Morgan fingerprint density at radius 3 is 2.59 bits per heavy atom. The average molecular weight is 466 g/mol. The highest BCUT2D eigenvalue weighted by Gasteiger charge is 2.45. The van der Waals surface area contributed by atoms with Gasteiger partial charge in [-0.15, -0.1) is 0 Å². The molecule has 1 N–H and O–H groups in total. The van der Waals surface area contributed by atoms with Gasteiger partial charge in [-0.3, -0.25) is 9.79 Å². The number of amides is 2. The SMILES string of the molecule is CC(C)(C)OC(=O)N1CCC(CCCOC2(C)SC(=NC3CC4CCC3C4)NC2=O)CC1. The summed E-state index contributed by atoms with van der Waals surface area (Å²) < 4.78 is 11.5. The summed E-state index contributed by atoms with van der Waals surface area (Å²) in [6, 6.07) is 0.380. The standard InChI is InChI=1S/C24H39N3O4S/c1-23(2,3)31-22(29)27-11-9-16(10-12-27)6-5-13-30-24(4)20(28)26-21(32-24)25-19-15-17-7-8-18(19)14-17/h16-19H,5-15H2,1-4H3,(H,25,26,28). The van der Waals surface area contributed by atoms with Crippen molar-refractivity contribution in [1.29, 1.82) is 0 Å². The minimum atomic E-state index is -0.878. The van der Waals surface area contributed by atoms with Crippen molar-refractivity contribution in [2.45, 2.75) is 95.6 Å². The number of fused-ring (bicyclic) bond motifs is 2. The van der Waals surface area contributed by atoms with Crippen molar-refractivity contribution in [3.8, 4) is 0 Å². The van der Waals surface area contributed by atoms with E-state index in [-0.39, 0.29) is 12.0 Å². The molecule has 4 fully saturated rings. The first-order valence-electron chi connectivity index (χ1n) is 12.3. The number of carbonyl (C=O) groups is 2. The van der Waals surface area contributed by atoms with E-state index in [0.29, 0.717) is 24.5 Å². The van der Waals surface area contributed by atoms with Crippen molar-refractivity contribution in [1.82, 2.24) is 10.2 Å². The van der Waals surface area contributed by atoms with Crippen LogP contribution in [0.25, 0.3) is 0 Å². The number of thioether (sulfide) groups is 1. The monoisotopic (exact) mass is 465 g/mol. The number of nitrogens with zero attached hydrogens (tertiary/aromatic N) is 2. The third-order valence-electron chi connectivity index (χ3n) is 7.31. The van der Waals surface area contributed by atoms with E-state index in [0.717, 1.165) is 49.9 Å². The van der Waals surface area contributed by atoms with Gasteiger partial charge in [0.1, 0.15) is 5.60 Å². The molecule has 0 aromatic heterocycles. The fraction of sp³-hybridized carbons (Fsp3) is 0.875. The summed E-state index contributed by atoms with van der Waals surface area (Å²) in [5.41, 5.74) is -0.451. The number of ether oxygens (including phenoxy) is 2. The summed E-state index contributed by atoms with van der Waals surface area (Å²) in [4.78, 5) is 30.6. The van der Waals surface area contributed by atoms with Crippen LogP contribution in [0.5, 0.6) is 0 Å². The first kappa shape index (κ1) is 23.9. The Labute approximate surface area is 196 Å². The zero-order valence-electron chi connectivity index (χ0n) is 20.0. The molecule has 7 nitrogen and oxygen atoms in total. The minimum Gasteiger partial charge on any atom is -0.444 e. The molecule has 2 saturated carbocycles. The molecule has 0 radical (unpaired) electrons. The lowest BCUT2D eigenvalue weighted by Gasteiger charge is -2.33. The number of likely N-dealkylation sites (tertiary alicyclic amines) is 1. The van der Waals surface area contributed by atoms with E-state index in [1.165, 1.54) is 37.4 Å².